The molecule has 5 heteroatoms. The van der Waals surface area contributed by atoms with Gasteiger partial charge in [-0.15, -0.1) is 0 Å². The van der Waals surface area contributed by atoms with Gasteiger partial charge in [-0.05, 0) is 44.6 Å². The molecule has 0 saturated carbocycles. The zero-order chi connectivity index (χ0) is 16.8. The molecule has 21 heavy (non-hydrogen) atoms. The van der Waals surface area contributed by atoms with Gasteiger partial charge in [-0.25, -0.2) is 22.0 Å². The first-order valence-corrected chi connectivity index (χ1v) is 6.24. The maximum atomic E-state index is 14.3. The second-order valence-corrected chi connectivity index (χ2v) is 4.84. The van der Waals surface area contributed by atoms with Crippen LogP contribution in [-0.2, 0) is 0 Å². The second kappa shape index (κ2) is 7.38. The zero-order valence-electron chi connectivity index (χ0n) is 12.5. The van der Waals surface area contributed by atoms with Crippen molar-refractivity contribution in [3.63, 3.8) is 0 Å². The Morgan fingerprint density at radius 3 is 1.95 bits per heavy atom. The Bertz CT molecular complexity index is 495. The van der Waals surface area contributed by atoms with E-state index in [0.29, 0.717) is 19.1 Å². The molecule has 0 aliphatic rings. The molecule has 0 rings (SSSR count). The highest BCUT2D eigenvalue weighted by molar-refractivity contribution is 5.44. The molecular formula is C16H19F5. The smallest absolute Gasteiger partial charge is 0.234 e. The Morgan fingerprint density at radius 2 is 1.57 bits per heavy atom. The largest absolute Gasteiger partial charge is 0.263 e. The van der Waals surface area contributed by atoms with Crippen LogP contribution in [0.5, 0.6) is 0 Å². The Labute approximate surface area is 122 Å². The molecule has 0 aromatic rings. The average Bonchev–Trinajstić information content (AvgIpc) is 2.34. The zero-order valence-corrected chi connectivity index (χ0v) is 12.5. The van der Waals surface area contributed by atoms with Crippen LogP contribution in [-0.4, -0.2) is 11.6 Å². The molecule has 0 amide bonds. The first-order chi connectivity index (χ1) is 9.40. The van der Waals surface area contributed by atoms with Gasteiger partial charge >= 0.3 is 0 Å². The van der Waals surface area contributed by atoms with E-state index in [1.807, 2.05) is 0 Å². The summed E-state index contributed by atoms with van der Waals surface area (Å²) in [5, 5.41) is 0. The number of allylic oxidation sites excluding steroid dienone is 9. The number of rotatable bonds is 6. The molecule has 0 bridgehead atoms. The van der Waals surface area contributed by atoms with E-state index in [1.165, 1.54) is 12.2 Å². The van der Waals surface area contributed by atoms with Gasteiger partial charge in [0.15, 0.2) is 11.5 Å². The van der Waals surface area contributed by atoms with Crippen molar-refractivity contribution in [2.75, 3.05) is 0 Å². The summed E-state index contributed by atoms with van der Waals surface area (Å²) in [4.78, 5) is 0. The molecule has 0 heterocycles. The molecule has 0 saturated heterocycles. The standard InChI is InChI=1S/C16H19F5/c1-6-7-13(14(18)12(3)17)10-11(2)15(4,19)8-9-16(5,20)21/h6-10H,2H2,1,3-5H3/b7-6-,9-8?,13-10+,14-12+/t15-/m1/s1. The highest BCUT2D eigenvalue weighted by Gasteiger charge is 2.26. The van der Waals surface area contributed by atoms with E-state index in [1.54, 1.807) is 6.92 Å². The lowest BCUT2D eigenvalue weighted by Gasteiger charge is -2.18. The predicted octanol–water partition coefficient (Wildman–Crippen LogP) is 6.16. The van der Waals surface area contributed by atoms with Gasteiger partial charge in [0.2, 0.25) is 0 Å². The Hall–Kier alpha value is -1.65. The molecule has 0 aliphatic heterocycles. The minimum absolute atomic E-state index is 0.219. The fourth-order valence-electron chi connectivity index (χ4n) is 1.30. The molecule has 0 aromatic heterocycles. The van der Waals surface area contributed by atoms with Crippen LogP contribution >= 0.6 is 0 Å². The maximum Gasteiger partial charge on any atom is 0.263 e. The summed E-state index contributed by atoms with van der Waals surface area (Å²) >= 11 is 0. The van der Waals surface area contributed by atoms with Crippen molar-refractivity contribution < 1.29 is 22.0 Å². The number of halogens is 5. The summed E-state index contributed by atoms with van der Waals surface area (Å²) in [5.74, 6) is -5.40. The first-order valence-electron chi connectivity index (χ1n) is 6.24. The van der Waals surface area contributed by atoms with Gasteiger partial charge in [0.05, 0.1) is 0 Å². The topological polar surface area (TPSA) is 0 Å². The lowest BCUT2D eigenvalue weighted by Crippen LogP contribution is -2.18. The Kier molecular flexibility index (Phi) is 6.80. The highest BCUT2D eigenvalue weighted by Crippen LogP contribution is 2.29. The summed E-state index contributed by atoms with van der Waals surface area (Å²) in [6.45, 7) is 7.50. The van der Waals surface area contributed by atoms with Crippen molar-refractivity contribution in [3.8, 4) is 0 Å². The number of hydrogen-bond donors (Lipinski definition) is 0. The van der Waals surface area contributed by atoms with E-state index in [0.717, 1.165) is 19.9 Å². The molecular weight excluding hydrogens is 287 g/mol. The van der Waals surface area contributed by atoms with Crippen molar-refractivity contribution >= 4 is 0 Å². The summed E-state index contributed by atoms with van der Waals surface area (Å²) < 4.78 is 66.2. The average molecular weight is 306 g/mol. The molecule has 0 fully saturated rings. The lowest BCUT2D eigenvalue weighted by molar-refractivity contribution is 0.0759. The van der Waals surface area contributed by atoms with Crippen LogP contribution in [0.15, 0.2) is 59.8 Å². The highest BCUT2D eigenvalue weighted by atomic mass is 19.3. The molecule has 118 valence electrons. The second-order valence-electron chi connectivity index (χ2n) is 4.84. The maximum absolute atomic E-state index is 14.3. The Morgan fingerprint density at radius 1 is 1.05 bits per heavy atom. The molecule has 0 nitrogen and oxygen atoms in total. The van der Waals surface area contributed by atoms with E-state index < -0.39 is 23.2 Å². The van der Waals surface area contributed by atoms with Crippen LogP contribution in [0.25, 0.3) is 0 Å². The number of hydrogen-bond acceptors (Lipinski definition) is 0. The molecule has 0 N–H and O–H groups in total. The van der Waals surface area contributed by atoms with E-state index >= 15 is 0 Å². The first kappa shape index (κ1) is 19.4. The van der Waals surface area contributed by atoms with Gasteiger partial charge in [0.1, 0.15) is 5.83 Å². The SMILES string of the molecule is C=C(/C=C(\C=C/C)C(/F)=C(/C)F)[C@](C)(F)C=CC(C)(F)F. The van der Waals surface area contributed by atoms with E-state index in [2.05, 4.69) is 6.58 Å². The van der Waals surface area contributed by atoms with Crippen LogP contribution in [0.2, 0.25) is 0 Å². The third kappa shape index (κ3) is 7.06. The van der Waals surface area contributed by atoms with Crippen molar-refractivity contribution in [1.29, 1.82) is 0 Å². The minimum Gasteiger partial charge on any atom is -0.234 e. The van der Waals surface area contributed by atoms with E-state index in [-0.39, 0.29) is 11.1 Å². The fourth-order valence-corrected chi connectivity index (χ4v) is 1.30. The monoisotopic (exact) mass is 306 g/mol. The van der Waals surface area contributed by atoms with Gasteiger partial charge in [-0.2, -0.15) is 0 Å². The third-order valence-electron chi connectivity index (χ3n) is 2.55. The third-order valence-corrected chi connectivity index (χ3v) is 2.55. The van der Waals surface area contributed by atoms with Crippen molar-refractivity contribution in [2.24, 2.45) is 0 Å². The van der Waals surface area contributed by atoms with Gasteiger partial charge in [-0.3, -0.25) is 0 Å². The predicted molar refractivity (Wildman–Crippen MR) is 76.2 cm³/mol. The number of alkyl halides is 3. The van der Waals surface area contributed by atoms with Crippen LogP contribution in [0, 0.1) is 0 Å². The van der Waals surface area contributed by atoms with Crippen molar-refractivity contribution in [2.45, 2.75) is 39.3 Å². The van der Waals surface area contributed by atoms with Gasteiger partial charge in [0.25, 0.3) is 5.92 Å². The molecule has 0 radical (unpaired) electrons. The summed E-state index contributed by atoms with van der Waals surface area (Å²) in [6.07, 6.45) is 4.69. The van der Waals surface area contributed by atoms with Crippen LogP contribution in [0.1, 0.15) is 27.7 Å². The fraction of sp³-hybridized carbons (Fsp3) is 0.375. The van der Waals surface area contributed by atoms with Crippen molar-refractivity contribution in [1.82, 2.24) is 0 Å². The minimum atomic E-state index is -3.18. The molecule has 0 unspecified atom stereocenters. The summed E-state index contributed by atoms with van der Waals surface area (Å²) in [7, 11) is 0. The summed E-state index contributed by atoms with van der Waals surface area (Å²) in [6, 6.07) is 0. The van der Waals surface area contributed by atoms with Crippen LogP contribution in [0.4, 0.5) is 22.0 Å². The quantitative estimate of drug-likeness (QED) is 0.313. The Balaban J connectivity index is 5.54. The normalized spacial score (nSPS) is 18.0. The van der Waals surface area contributed by atoms with Crippen LogP contribution < -0.4 is 0 Å². The van der Waals surface area contributed by atoms with Gasteiger partial charge in [-0.1, -0.05) is 18.7 Å². The molecule has 0 aromatic carbocycles. The van der Waals surface area contributed by atoms with E-state index in [9.17, 15) is 22.0 Å². The van der Waals surface area contributed by atoms with Crippen molar-refractivity contribution in [3.05, 3.63) is 59.8 Å². The molecule has 0 aliphatic carbocycles. The van der Waals surface area contributed by atoms with Gasteiger partial charge < -0.3 is 0 Å². The van der Waals surface area contributed by atoms with Crippen LogP contribution in [0.3, 0.4) is 0 Å². The van der Waals surface area contributed by atoms with E-state index in [4.69, 9.17) is 0 Å². The molecule has 0 spiro atoms. The summed E-state index contributed by atoms with van der Waals surface area (Å²) in [5.41, 5.74) is -2.80. The molecule has 1 atom stereocenters. The lowest BCUT2D eigenvalue weighted by atomic mass is 9.95. The van der Waals surface area contributed by atoms with Gasteiger partial charge in [0, 0.05) is 12.5 Å².